The number of nitrogens with zero attached hydrogens (tertiary/aromatic N) is 1. The molecule has 0 aliphatic carbocycles. The number of thiophene rings is 1. The Kier molecular flexibility index (Phi) is 4.59. The molecule has 0 radical (unpaired) electrons. The fourth-order valence-electron chi connectivity index (χ4n) is 2.39. The average molecular weight is 303 g/mol. The molecule has 0 amide bonds. The fourth-order valence-corrected chi connectivity index (χ4v) is 5.24. The SMILES string of the molecule is O=C(O)CCC1CCCCN1S(=O)(=O)c1cccs1. The molecule has 1 aromatic heterocycles. The van der Waals surface area contributed by atoms with E-state index in [2.05, 4.69) is 0 Å². The minimum absolute atomic E-state index is 0.0150. The Morgan fingerprint density at radius 3 is 2.89 bits per heavy atom. The van der Waals surface area contributed by atoms with Crippen molar-refractivity contribution < 1.29 is 18.3 Å². The number of piperidine rings is 1. The summed E-state index contributed by atoms with van der Waals surface area (Å²) in [4.78, 5) is 10.7. The summed E-state index contributed by atoms with van der Waals surface area (Å²) in [6.45, 7) is 0.491. The molecule has 1 unspecified atom stereocenters. The Morgan fingerprint density at radius 1 is 1.47 bits per heavy atom. The van der Waals surface area contributed by atoms with Gasteiger partial charge in [0.05, 0.1) is 0 Å². The van der Waals surface area contributed by atoms with Gasteiger partial charge in [-0.2, -0.15) is 4.31 Å². The van der Waals surface area contributed by atoms with Crippen molar-refractivity contribution in [2.75, 3.05) is 6.54 Å². The Balaban J connectivity index is 2.17. The molecule has 2 rings (SSSR count). The van der Waals surface area contributed by atoms with Crippen LogP contribution in [-0.4, -0.2) is 36.4 Å². The number of hydrogen-bond acceptors (Lipinski definition) is 4. The second kappa shape index (κ2) is 6.02. The summed E-state index contributed by atoms with van der Waals surface area (Å²) < 4.78 is 26.8. The van der Waals surface area contributed by atoms with Crippen molar-refractivity contribution >= 4 is 27.3 Å². The zero-order chi connectivity index (χ0) is 13.9. The van der Waals surface area contributed by atoms with Crippen LogP contribution in [0.2, 0.25) is 0 Å². The van der Waals surface area contributed by atoms with Crippen LogP contribution in [0.15, 0.2) is 21.7 Å². The van der Waals surface area contributed by atoms with Crippen LogP contribution in [0.3, 0.4) is 0 Å². The topological polar surface area (TPSA) is 74.7 Å². The van der Waals surface area contributed by atoms with Gasteiger partial charge in [0.15, 0.2) is 0 Å². The number of carbonyl (C=O) groups is 1. The van der Waals surface area contributed by atoms with Crippen molar-refractivity contribution in [1.82, 2.24) is 4.31 Å². The standard InChI is InChI=1S/C12H17NO4S2/c14-11(15)7-6-10-4-1-2-8-13(10)19(16,17)12-5-3-9-18-12/h3,5,9-10H,1-2,4,6-8H2,(H,14,15). The maximum Gasteiger partial charge on any atom is 0.303 e. The van der Waals surface area contributed by atoms with Crippen LogP contribution in [0.4, 0.5) is 0 Å². The molecule has 1 N–H and O–H groups in total. The van der Waals surface area contributed by atoms with Gasteiger partial charge in [-0.3, -0.25) is 4.79 Å². The zero-order valence-corrected chi connectivity index (χ0v) is 12.1. The maximum atomic E-state index is 12.5. The van der Waals surface area contributed by atoms with Gasteiger partial charge in [-0.15, -0.1) is 11.3 Å². The van der Waals surface area contributed by atoms with Gasteiger partial charge >= 0.3 is 5.97 Å². The Labute approximate surface area is 116 Å². The maximum absolute atomic E-state index is 12.5. The van der Waals surface area contributed by atoms with Crippen molar-refractivity contribution in [3.63, 3.8) is 0 Å². The van der Waals surface area contributed by atoms with Gasteiger partial charge in [-0.05, 0) is 30.7 Å². The van der Waals surface area contributed by atoms with E-state index in [0.717, 1.165) is 19.3 Å². The third-order valence-electron chi connectivity index (χ3n) is 3.32. The van der Waals surface area contributed by atoms with E-state index < -0.39 is 16.0 Å². The molecule has 7 heteroatoms. The molecule has 1 aliphatic heterocycles. The first kappa shape index (κ1) is 14.5. The van der Waals surface area contributed by atoms with Gasteiger partial charge in [-0.1, -0.05) is 12.5 Å². The van der Waals surface area contributed by atoms with Gasteiger partial charge in [0.2, 0.25) is 0 Å². The van der Waals surface area contributed by atoms with Crippen LogP contribution >= 0.6 is 11.3 Å². The van der Waals surface area contributed by atoms with Crippen molar-refractivity contribution in [3.05, 3.63) is 17.5 Å². The van der Waals surface area contributed by atoms with E-state index in [4.69, 9.17) is 5.11 Å². The van der Waals surface area contributed by atoms with Crippen molar-refractivity contribution in [1.29, 1.82) is 0 Å². The first-order chi connectivity index (χ1) is 9.01. The van der Waals surface area contributed by atoms with E-state index in [1.807, 2.05) is 0 Å². The number of rotatable bonds is 5. The Morgan fingerprint density at radius 2 is 2.26 bits per heavy atom. The summed E-state index contributed by atoms with van der Waals surface area (Å²) >= 11 is 1.20. The van der Waals surface area contributed by atoms with Crippen LogP contribution in [-0.2, 0) is 14.8 Å². The number of aliphatic carboxylic acids is 1. The highest BCUT2D eigenvalue weighted by Crippen LogP contribution is 2.29. The van der Waals surface area contributed by atoms with Crippen LogP contribution < -0.4 is 0 Å². The predicted molar refractivity (Wildman–Crippen MR) is 72.7 cm³/mol. The molecule has 1 aliphatic rings. The van der Waals surface area contributed by atoms with E-state index >= 15 is 0 Å². The number of carboxylic acids is 1. The van der Waals surface area contributed by atoms with Crippen LogP contribution in [0.5, 0.6) is 0 Å². The molecule has 5 nitrogen and oxygen atoms in total. The Bertz CT molecular complexity index is 524. The number of hydrogen-bond donors (Lipinski definition) is 1. The van der Waals surface area contributed by atoms with Gasteiger partial charge in [0.25, 0.3) is 10.0 Å². The summed E-state index contributed by atoms with van der Waals surface area (Å²) in [6.07, 6.45) is 2.95. The monoisotopic (exact) mass is 303 g/mol. The van der Waals surface area contributed by atoms with Crippen LogP contribution in [0, 0.1) is 0 Å². The molecule has 106 valence electrons. The van der Waals surface area contributed by atoms with E-state index in [0.29, 0.717) is 17.2 Å². The molecule has 0 saturated carbocycles. The first-order valence-corrected chi connectivity index (χ1v) is 8.61. The molecular weight excluding hydrogens is 286 g/mol. The third kappa shape index (κ3) is 3.34. The molecule has 0 aromatic carbocycles. The van der Waals surface area contributed by atoms with Crippen LogP contribution in [0.1, 0.15) is 32.1 Å². The average Bonchev–Trinajstić information content (AvgIpc) is 2.91. The molecular formula is C12H17NO4S2. The highest BCUT2D eigenvalue weighted by atomic mass is 32.2. The van der Waals surface area contributed by atoms with E-state index in [9.17, 15) is 13.2 Å². The van der Waals surface area contributed by atoms with Crippen molar-refractivity contribution in [3.8, 4) is 0 Å². The third-order valence-corrected chi connectivity index (χ3v) is 6.65. The molecule has 0 spiro atoms. The summed E-state index contributed by atoms with van der Waals surface area (Å²) in [6, 6.07) is 3.13. The van der Waals surface area contributed by atoms with E-state index in [-0.39, 0.29) is 12.5 Å². The summed E-state index contributed by atoms with van der Waals surface area (Å²) in [5, 5.41) is 10.5. The van der Waals surface area contributed by atoms with Gasteiger partial charge < -0.3 is 5.11 Å². The normalized spacial score (nSPS) is 21.4. The minimum Gasteiger partial charge on any atom is -0.481 e. The lowest BCUT2D eigenvalue weighted by Gasteiger charge is -2.34. The van der Waals surface area contributed by atoms with E-state index in [1.165, 1.54) is 15.6 Å². The summed E-state index contributed by atoms with van der Waals surface area (Å²) in [7, 11) is -3.46. The molecule has 1 saturated heterocycles. The molecule has 0 bridgehead atoms. The molecule has 2 heterocycles. The number of carboxylic acid groups (broad SMARTS) is 1. The molecule has 1 atom stereocenters. The highest BCUT2D eigenvalue weighted by molar-refractivity contribution is 7.91. The second-order valence-corrected chi connectivity index (χ2v) is 7.69. The first-order valence-electron chi connectivity index (χ1n) is 6.29. The Hall–Kier alpha value is -0.920. The lowest BCUT2D eigenvalue weighted by atomic mass is 10.0. The minimum atomic E-state index is -3.46. The zero-order valence-electron chi connectivity index (χ0n) is 10.5. The van der Waals surface area contributed by atoms with Gasteiger partial charge in [-0.25, -0.2) is 8.42 Å². The largest absolute Gasteiger partial charge is 0.481 e. The van der Waals surface area contributed by atoms with Gasteiger partial charge in [0, 0.05) is 19.0 Å². The van der Waals surface area contributed by atoms with Crippen molar-refractivity contribution in [2.45, 2.75) is 42.4 Å². The quantitative estimate of drug-likeness (QED) is 0.904. The van der Waals surface area contributed by atoms with Crippen LogP contribution in [0.25, 0.3) is 0 Å². The lowest BCUT2D eigenvalue weighted by molar-refractivity contribution is -0.137. The number of sulfonamides is 1. The van der Waals surface area contributed by atoms with E-state index in [1.54, 1.807) is 17.5 Å². The summed E-state index contributed by atoms with van der Waals surface area (Å²) in [5.41, 5.74) is 0. The molecule has 19 heavy (non-hydrogen) atoms. The lowest BCUT2D eigenvalue weighted by Crippen LogP contribution is -2.43. The second-order valence-electron chi connectivity index (χ2n) is 4.63. The van der Waals surface area contributed by atoms with Crippen molar-refractivity contribution in [2.24, 2.45) is 0 Å². The smallest absolute Gasteiger partial charge is 0.303 e. The molecule has 1 aromatic rings. The molecule has 1 fully saturated rings. The van der Waals surface area contributed by atoms with Gasteiger partial charge in [0.1, 0.15) is 4.21 Å². The fraction of sp³-hybridized carbons (Fsp3) is 0.583. The highest BCUT2D eigenvalue weighted by Gasteiger charge is 2.33. The summed E-state index contributed by atoms with van der Waals surface area (Å²) in [5.74, 6) is -0.876. The predicted octanol–water partition coefficient (Wildman–Crippen LogP) is 2.16.